The number of nitrogens with zero attached hydrogens (tertiary/aromatic N) is 3. The van der Waals surface area contributed by atoms with Crippen LogP contribution in [0, 0.1) is 0 Å². The average molecular weight is 1100 g/mol. The molecular formula is C47H75F3N16O11. The van der Waals surface area contributed by atoms with Gasteiger partial charge in [0.2, 0.25) is 35.4 Å². The first-order valence-corrected chi connectivity index (χ1v) is 25.0. The molecule has 1 saturated heterocycles. The maximum atomic E-state index is 14.2. The molecule has 1 heterocycles. The van der Waals surface area contributed by atoms with E-state index in [2.05, 4.69) is 41.9 Å². The Bertz CT molecular complexity index is 2270. The number of unbranched alkanes of at least 4 members (excludes halogenated alkanes) is 2. The Balaban J connectivity index is 2.36. The lowest BCUT2D eigenvalue weighted by molar-refractivity contribution is -0.138. The molecule has 1 fully saturated rings. The number of amides is 8. The van der Waals surface area contributed by atoms with Gasteiger partial charge >= 0.3 is 12.1 Å². The van der Waals surface area contributed by atoms with E-state index in [1.54, 1.807) is 0 Å². The van der Waals surface area contributed by atoms with Crippen LogP contribution in [0.1, 0.15) is 88.7 Å². The number of carbonyl (C=O) groups is 9. The number of benzene rings is 1. The van der Waals surface area contributed by atoms with Crippen LogP contribution in [-0.2, 0) is 55.7 Å². The third-order valence-electron chi connectivity index (χ3n) is 11.8. The summed E-state index contributed by atoms with van der Waals surface area (Å²) in [5.41, 5.74) is 37.2. The Morgan fingerprint density at radius 3 is 2.03 bits per heavy atom. The van der Waals surface area contributed by atoms with Crippen molar-refractivity contribution in [3.63, 3.8) is 0 Å². The van der Waals surface area contributed by atoms with Gasteiger partial charge in [0.1, 0.15) is 41.6 Å². The summed E-state index contributed by atoms with van der Waals surface area (Å²) >= 11 is 0. The number of aliphatic hydroxyl groups excluding tert-OH is 1. The van der Waals surface area contributed by atoms with Crippen LogP contribution in [0.4, 0.5) is 13.2 Å². The Labute approximate surface area is 442 Å². The van der Waals surface area contributed by atoms with Crippen LogP contribution < -0.4 is 72.0 Å². The number of aliphatic hydroxyl groups is 1. The summed E-state index contributed by atoms with van der Waals surface area (Å²) < 4.78 is 40.4. The Morgan fingerprint density at radius 1 is 0.805 bits per heavy atom. The molecule has 0 saturated carbocycles. The van der Waals surface area contributed by atoms with Crippen molar-refractivity contribution in [2.75, 3.05) is 45.8 Å². The van der Waals surface area contributed by atoms with Crippen molar-refractivity contribution in [3.05, 3.63) is 47.2 Å². The highest BCUT2D eigenvalue weighted by Crippen LogP contribution is 2.29. The largest absolute Gasteiger partial charge is 0.477 e. The smallest absolute Gasteiger partial charge is 0.416 e. The number of aliphatic imine (C=N–C) groups is 2. The van der Waals surface area contributed by atoms with Crippen LogP contribution in [0.2, 0.25) is 0 Å². The molecule has 27 nitrogen and oxygen atoms in total. The minimum atomic E-state index is -4.70. The van der Waals surface area contributed by atoms with Crippen LogP contribution in [-0.4, -0.2) is 168 Å². The summed E-state index contributed by atoms with van der Waals surface area (Å²) in [5, 5.41) is 34.5. The van der Waals surface area contributed by atoms with E-state index in [1.165, 1.54) is 6.92 Å². The van der Waals surface area contributed by atoms with Crippen molar-refractivity contribution in [1.82, 2.24) is 36.8 Å². The van der Waals surface area contributed by atoms with E-state index in [-0.39, 0.29) is 94.8 Å². The molecule has 1 aromatic rings. The molecule has 7 atom stereocenters. The quantitative estimate of drug-likeness (QED) is 0.0137. The number of halogens is 3. The molecule has 2 rings (SSSR count). The lowest BCUT2D eigenvalue weighted by atomic mass is 10.0. The molecule has 430 valence electrons. The van der Waals surface area contributed by atoms with Crippen molar-refractivity contribution in [1.29, 1.82) is 0 Å². The van der Waals surface area contributed by atoms with Crippen LogP contribution in [0.25, 0.3) is 0 Å². The van der Waals surface area contributed by atoms with Crippen LogP contribution in [0.5, 0.6) is 0 Å². The lowest BCUT2D eigenvalue weighted by Crippen LogP contribution is -2.60. The number of guanidine groups is 1. The van der Waals surface area contributed by atoms with Crippen LogP contribution >= 0.6 is 0 Å². The van der Waals surface area contributed by atoms with E-state index >= 15 is 0 Å². The van der Waals surface area contributed by atoms with Gasteiger partial charge in [-0.05, 0) is 108 Å². The van der Waals surface area contributed by atoms with Gasteiger partial charge in [-0.3, -0.25) is 43.3 Å². The molecular weight excluding hydrogens is 1020 g/mol. The van der Waals surface area contributed by atoms with Crippen molar-refractivity contribution < 1.29 is 66.5 Å². The number of nitrogens with two attached hydrogens (primary N) is 7. The van der Waals surface area contributed by atoms with E-state index in [1.807, 2.05) is 0 Å². The molecule has 1 aliphatic heterocycles. The predicted molar refractivity (Wildman–Crippen MR) is 275 cm³/mol. The van der Waals surface area contributed by atoms with Crippen molar-refractivity contribution in [2.45, 2.75) is 133 Å². The maximum absolute atomic E-state index is 14.2. The second kappa shape index (κ2) is 33.8. The number of carboxylic acid groups (broad SMARTS) is 1. The molecule has 0 bridgehead atoms. The van der Waals surface area contributed by atoms with E-state index in [0.717, 1.165) is 35.2 Å². The third kappa shape index (κ3) is 23.3. The number of hydrogen-bond acceptors (Lipinski definition) is 16. The van der Waals surface area contributed by atoms with Gasteiger partial charge in [-0.2, -0.15) is 13.2 Å². The monoisotopic (exact) mass is 1100 g/mol. The summed E-state index contributed by atoms with van der Waals surface area (Å²) in [6.07, 6.45) is -3.37. The number of carboxylic acids is 1. The number of alkyl halides is 3. The van der Waals surface area contributed by atoms with E-state index in [4.69, 9.17) is 40.1 Å². The predicted octanol–water partition coefficient (Wildman–Crippen LogP) is -4.33. The van der Waals surface area contributed by atoms with Gasteiger partial charge in [0, 0.05) is 26.1 Å². The molecule has 77 heavy (non-hydrogen) atoms. The third-order valence-corrected chi connectivity index (χ3v) is 11.8. The molecule has 1 aliphatic rings. The minimum absolute atomic E-state index is 0.00831. The highest BCUT2D eigenvalue weighted by molar-refractivity contribution is 6.40. The van der Waals surface area contributed by atoms with Gasteiger partial charge in [0.25, 0.3) is 11.8 Å². The van der Waals surface area contributed by atoms with Gasteiger partial charge in [0.05, 0.1) is 24.3 Å². The zero-order chi connectivity index (χ0) is 57.8. The van der Waals surface area contributed by atoms with Gasteiger partial charge in [-0.1, -0.05) is 24.6 Å². The molecule has 8 amide bonds. The number of nitrogens with one attached hydrogen (secondary N) is 6. The van der Waals surface area contributed by atoms with Gasteiger partial charge in [-0.15, -0.1) is 0 Å². The molecule has 22 N–H and O–H groups in total. The molecule has 0 unspecified atom stereocenters. The number of aliphatic carboxylic acids is 1. The number of hydrogen-bond donors (Lipinski definition) is 15. The summed E-state index contributed by atoms with van der Waals surface area (Å²) in [7, 11) is 0. The molecule has 0 spiro atoms. The van der Waals surface area contributed by atoms with E-state index in [9.17, 15) is 66.5 Å². The fraction of sp³-hybridized carbons (Fsp3) is 0.596. The zero-order valence-corrected chi connectivity index (χ0v) is 42.9. The van der Waals surface area contributed by atoms with E-state index < -0.39 is 133 Å². The summed E-state index contributed by atoms with van der Waals surface area (Å²) in [6, 6.07) is -4.61. The number of likely N-dealkylation sites (tertiary alicyclic amines) is 1. The number of carbonyl (C=O) groups excluding carboxylic acids is 8. The normalized spacial score (nSPS) is 16.1. The molecule has 0 aliphatic carbocycles. The standard InChI is InChI=1S/C47H75F3N16O11/c1-26(60-43(74)37(35(67)24-54)65-39(70)29(55)9-2-4-18-51)38(69)59-25-36(68)61-31(11-6-20-53)44(75)66-22-8-13-34(66)42(73)64-33(23-27-14-16-28(17-15-27)47(48,49)50)41(72)62-30(10-3-5-19-52)40(71)63-32(45(76)77)12-7-21-58-46(56)57/h12,14-17,26,29-30,33-35,37,67H,2-11,13,18-25,51-55H2,1H3,(H,59,69)(H,60,74)(H,62,72)(H,63,71)(H,64,73)(H,65,70)(H,76,77)(H4,56,57,58)/b32-12-,61-31?/t26-,29-,30-,33-,34-,35-,37-/m0/s1. The highest BCUT2D eigenvalue weighted by Gasteiger charge is 2.39. The van der Waals surface area contributed by atoms with Gasteiger partial charge in [-0.25, -0.2) is 9.79 Å². The molecule has 0 radical (unpaired) electrons. The minimum Gasteiger partial charge on any atom is -0.477 e. The summed E-state index contributed by atoms with van der Waals surface area (Å²) in [6.45, 7) is 0.565. The second-order valence-corrected chi connectivity index (χ2v) is 17.9. The maximum Gasteiger partial charge on any atom is 0.416 e. The Hall–Kier alpha value is -7.12. The van der Waals surface area contributed by atoms with Crippen LogP contribution in [0.15, 0.2) is 46.0 Å². The number of rotatable bonds is 33. The molecule has 30 heteroatoms. The van der Waals surface area contributed by atoms with Crippen molar-refractivity contribution in [2.24, 2.45) is 50.1 Å². The Morgan fingerprint density at radius 2 is 1.44 bits per heavy atom. The topological polar surface area (TPSA) is 476 Å². The second-order valence-electron chi connectivity index (χ2n) is 17.9. The molecule has 0 aromatic heterocycles. The highest BCUT2D eigenvalue weighted by atomic mass is 19.4. The van der Waals surface area contributed by atoms with Crippen LogP contribution in [0.3, 0.4) is 0 Å². The SMILES string of the molecule is C[C@H](NC(=O)[C@@H](NC(=O)[C@@H](N)CCCCN)[C@@H](O)CN)C(=O)NCC(=O)N=C(CCCN)C(=O)N1CCC[C@H]1C(=O)N[C@@H](Cc1ccc(C(F)(F)F)cc1)C(=O)N[C@@H](CCCCN)C(=O)N/C(=C\CCN=C(N)N)C(=O)O. The first-order chi connectivity index (χ1) is 36.4. The Kier molecular flexibility index (Phi) is 29.0. The average Bonchev–Trinajstić information content (AvgIpc) is 3.88. The fourth-order valence-corrected chi connectivity index (χ4v) is 7.57. The van der Waals surface area contributed by atoms with Gasteiger partial charge < -0.3 is 87.1 Å². The van der Waals surface area contributed by atoms with E-state index in [0.29, 0.717) is 25.8 Å². The first kappa shape index (κ1) is 66.0. The summed E-state index contributed by atoms with van der Waals surface area (Å²) in [4.78, 5) is 129. The van der Waals surface area contributed by atoms with Gasteiger partial charge in [0.15, 0.2) is 5.96 Å². The molecule has 1 aromatic carbocycles. The lowest BCUT2D eigenvalue weighted by Gasteiger charge is -2.28. The fourth-order valence-electron chi connectivity index (χ4n) is 7.57. The first-order valence-electron chi connectivity index (χ1n) is 25.0. The summed E-state index contributed by atoms with van der Waals surface area (Å²) in [5.74, 6) is -9.22. The van der Waals surface area contributed by atoms with Crippen molar-refractivity contribution >= 4 is 64.9 Å². The zero-order valence-electron chi connectivity index (χ0n) is 42.9. The van der Waals surface area contributed by atoms with Crippen molar-refractivity contribution in [3.8, 4) is 0 Å².